The van der Waals surface area contributed by atoms with Crippen LogP contribution in [-0.4, -0.2) is 28.8 Å². The molecular weight excluding hydrogens is 350 g/mol. The molecule has 0 amide bonds. The molecule has 2 rings (SSSR count). The van der Waals surface area contributed by atoms with Gasteiger partial charge in [-0.1, -0.05) is 18.7 Å². The zero-order valence-electron chi connectivity index (χ0n) is 15.4. The average Bonchev–Trinajstić information content (AvgIpc) is 2.56. The lowest BCUT2D eigenvalue weighted by atomic mass is 10.2. The number of rotatable bonds is 8. The highest BCUT2D eigenvalue weighted by molar-refractivity contribution is 6.06. The molecular formula is C19H22F2N6. The number of hydrazone groups is 1. The summed E-state index contributed by atoms with van der Waals surface area (Å²) < 4.78 is 26.9. The van der Waals surface area contributed by atoms with Crippen LogP contribution in [0.3, 0.4) is 0 Å². The molecule has 0 fully saturated rings. The predicted molar refractivity (Wildman–Crippen MR) is 105 cm³/mol. The summed E-state index contributed by atoms with van der Waals surface area (Å²) in [4.78, 5) is 8.86. The second-order valence-electron chi connectivity index (χ2n) is 5.86. The van der Waals surface area contributed by atoms with Crippen molar-refractivity contribution in [1.82, 2.24) is 15.4 Å². The molecule has 1 aromatic heterocycles. The summed E-state index contributed by atoms with van der Waals surface area (Å²) in [5.41, 5.74) is 3.41. The maximum atomic E-state index is 13.5. The van der Waals surface area contributed by atoms with Gasteiger partial charge in [0, 0.05) is 30.9 Å². The number of anilines is 3. The highest BCUT2D eigenvalue weighted by atomic mass is 19.1. The maximum Gasteiger partial charge on any atom is 0.183 e. The molecule has 0 aliphatic heterocycles. The first-order chi connectivity index (χ1) is 12.9. The number of hydrogen-bond acceptors (Lipinski definition) is 6. The largest absolute Gasteiger partial charge is 0.368 e. The van der Waals surface area contributed by atoms with Crippen LogP contribution in [0.1, 0.15) is 19.7 Å². The van der Waals surface area contributed by atoms with E-state index < -0.39 is 11.6 Å². The van der Waals surface area contributed by atoms with Gasteiger partial charge in [0.15, 0.2) is 5.82 Å². The summed E-state index contributed by atoms with van der Waals surface area (Å²) in [6.07, 6.45) is 5.01. The average molecular weight is 372 g/mol. The van der Waals surface area contributed by atoms with Crippen LogP contribution in [0, 0.1) is 11.6 Å². The molecule has 1 aromatic carbocycles. The third-order valence-electron chi connectivity index (χ3n) is 3.15. The van der Waals surface area contributed by atoms with Crippen molar-refractivity contribution >= 4 is 23.0 Å². The second kappa shape index (κ2) is 9.42. The molecule has 0 aliphatic carbocycles. The third kappa shape index (κ3) is 6.18. The Morgan fingerprint density at radius 3 is 2.37 bits per heavy atom. The number of nitrogens with one attached hydrogen (secondary N) is 3. The fourth-order valence-electron chi connectivity index (χ4n) is 2.21. The first-order valence-corrected chi connectivity index (χ1v) is 8.34. The summed E-state index contributed by atoms with van der Waals surface area (Å²) >= 11 is 0. The van der Waals surface area contributed by atoms with Gasteiger partial charge in [-0.2, -0.15) is 5.10 Å². The number of hydrogen-bond donors (Lipinski definition) is 3. The lowest BCUT2D eigenvalue weighted by molar-refractivity contribution is 0.584. The van der Waals surface area contributed by atoms with Crippen molar-refractivity contribution in [2.75, 3.05) is 17.7 Å². The Labute approximate surface area is 157 Å². The molecule has 0 saturated carbocycles. The van der Waals surface area contributed by atoms with Crippen molar-refractivity contribution in [3.63, 3.8) is 0 Å². The highest BCUT2D eigenvalue weighted by Gasteiger charge is 2.11. The number of benzene rings is 1. The third-order valence-corrected chi connectivity index (χ3v) is 3.15. The van der Waals surface area contributed by atoms with E-state index in [0.717, 1.165) is 6.07 Å². The summed E-state index contributed by atoms with van der Waals surface area (Å²) in [5, 5.41) is 10.3. The SMILES string of the molecule is C=C/C=C\C(=N/NC)c1nc(Nc2cc(F)cc(F)c2)cc(NC(C)C)n1. The second-order valence-corrected chi connectivity index (χ2v) is 5.86. The van der Waals surface area contributed by atoms with Gasteiger partial charge in [-0.05, 0) is 32.1 Å². The van der Waals surface area contributed by atoms with E-state index in [4.69, 9.17) is 0 Å². The Morgan fingerprint density at radius 2 is 1.78 bits per heavy atom. The topological polar surface area (TPSA) is 74.2 Å². The van der Waals surface area contributed by atoms with E-state index in [1.165, 1.54) is 12.1 Å². The van der Waals surface area contributed by atoms with Crippen LogP contribution in [-0.2, 0) is 0 Å². The summed E-state index contributed by atoms with van der Waals surface area (Å²) in [5.74, 6) is -0.126. The van der Waals surface area contributed by atoms with E-state index in [1.54, 1.807) is 31.3 Å². The molecule has 27 heavy (non-hydrogen) atoms. The summed E-state index contributed by atoms with van der Waals surface area (Å²) in [7, 11) is 1.66. The van der Waals surface area contributed by atoms with E-state index in [-0.39, 0.29) is 11.7 Å². The molecule has 1 heterocycles. The van der Waals surface area contributed by atoms with Crippen molar-refractivity contribution in [3.8, 4) is 0 Å². The zero-order chi connectivity index (χ0) is 19.8. The van der Waals surface area contributed by atoms with Crippen LogP contribution < -0.4 is 16.1 Å². The van der Waals surface area contributed by atoms with Crippen molar-refractivity contribution < 1.29 is 8.78 Å². The Hall–Kier alpha value is -3.29. The molecule has 0 saturated heterocycles. The molecule has 8 heteroatoms. The molecule has 0 unspecified atom stereocenters. The van der Waals surface area contributed by atoms with Crippen molar-refractivity contribution in [3.05, 3.63) is 66.5 Å². The van der Waals surface area contributed by atoms with Gasteiger partial charge in [-0.25, -0.2) is 18.7 Å². The van der Waals surface area contributed by atoms with E-state index in [1.807, 2.05) is 13.8 Å². The van der Waals surface area contributed by atoms with Crippen LogP contribution in [0.15, 0.2) is 54.2 Å². The normalized spacial score (nSPS) is 11.7. The van der Waals surface area contributed by atoms with Crippen LogP contribution in [0.5, 0.6) is 0 Å². The molecule has 0 spiro atoms. The monoisotopic (exact) mass is 372 g/mol. The maximum absolute atomic E-state index is 13.5. The highest BCUT2D eigenvalue weighted by Crippen LogP contribution is 2.20. The van der Waals surface area contributed by atoms with Gasteiger partial charge in [-0.3, -0.25) is 0 Å². The number of halogens is 2. The van der Waals surface area contributed by atoms with Crippen LogP contribution >= 0.6 is 0 Å². The van der Waals surface area contributed by atoms with Crippen LogP contribution in [0.25, 0.3) is 0 Å². The Bertz CT molecular complexity index is 841. The Morgan fingerprint density at radius 1 is 1.11 bits per heavy atom. The zero-order valence-corrected chi connectivity index (χ0v) is 15.4. The molecule has 6 nitrogen and oxygen atoms in total. The Balaban J connectivity index is 2.47. The van der Waals surface area contributed by atoms with Crippen molar-refractivity contribution in [2.45, 2.75) is 19.9 Å². The standard InChI is InChI=1S/C19H22F2N6/c1-5-6-7-16(27-22-4)19-25-17(23-12(2)3)11-18(26-19)24-15-9-13(20)8-14(21)10-15/h5-12,22H,1H2,2-4H3,(H2,23,24,25,26)/b7-6-,27-16+. The number of allylic oxidation sites excluding steroid dienone is 3. The van der Waals surface area contributed by atoms with Gasteiger partial charge in [0.25, 0.3) is 0 Å². The lowest BCUT2D eigenvalue weighted by Crippen LogP contribution is -2.16. The molecule has 0 aliphatic rings. The molecule has 0 atom stereocenters. The molecule has 0 bridgehead atoms. The molecule has 142 valence electrons. The molecule has 2 aromatic rings. The van der Waals surface area contributed by atoms with E-state index in [2.05, 4.69) is 37.7 Å². The number of aromatic nitrogens is 2. The smallest absolute Gasteiger partial charge is 0.183 e. The first-order valence-electron chi connectivity index (χ1n) is 8.34. The van der Waals surface area contributed by atoms with Crippen molar-refractivity contribution in [1.29, 1.82) is 0 Å². The minimum Gasteiger partial charge on any atom is -0.368 e. The van der Waals surface area contributed by atoms with Crippen molar-refractivity contribution in [2.24, 2.45) is 5.10 Å². The van der Waals surface area contributed by atoms with Gasteiger partial charge in [0.2, 0.25) is 0 Å². The minimum absolute atomic E-state index is 0.126. The predicted octanol–water partition coefficient (Wildman–Crippen LogP) is 3.98. The molecule has 3 N–H and O–H groups in total. The van der Waals surface area contributed by atoms with Gasteiger partial charge in [0.1, 0.15) is 29.0 Å². The van der Waals surface area contributed by atoms with E-state index >= 15 is 0 Å². The van der Waals surface area contributed by atoms with Crippen LogP contribution in [0.4, 0.5) is 26.1 Å². The van der Waals surface area contributed by atoms with E-state index in [0.29, 0.717) is 23.2 Å². The first kappa shape index (κ1) is 20.0. The molecule has 0 radical (unpaired) electrons. The van der Waals surface area contributed by atoms with Gasteiger partial charge in [0.05, 0.1) is 0 Å². The fraction of sp³-hybridized carbons (Fsp3) is 0.211. The summed E-state index contributed by atoms with van der Waals surface area (Å²) in [6, 6.07) is 4.95. The quantitative estimate of drug-likeness (QED) is 0.371. The fourth-order valence-corrected chi connectivity index (χ4v) is 2.21. The lowest BCUT2D eigenvalue weighted by Gasteiger charge is -2.13. The van der Waals surface area contributed by atoms with Gasteiger partial charge in [-0.15, -0.1) is 0 Å². The Kier molecular flexibility index (Phi) is 6.99. The van der Waals surface area contributed by atoms with Gasteiger partial charge >= 0.3 is 0 Å². The minimum atomic E-state index is -0.682. The van der Waals surface area contributed by atoms with Gasteiger partial charge < -0.3 is 16.1 Å². The van der Waals surface area contributed by atoms with E-state index in [9.17, 15) is 8.78 Å². The van der Waals surface area contributed by atoms with Crippen LogP contribution in [0.2, 0.25) is 0 Å². The number of nitrogens with zero attached hydrogens (tertiary/aromatic N) is 3. The summed E-state index contributed by atoms with van der Waals surface area (Å²) in [6.45, 7) is 7.57.